The number of anilines is 1. The van der Waals surface area contributed by atoms with Crippen LogP contribution < -0.4 is 4.90 Å². The van der Waals surface area contributed by atoms with Gasteiger partial charge in [-0.3, -0.25) is 4.79 Å². The Morgan fingerprint density at radius 1 is 1.53 bits per heavy atom. The number of carboxylic acids is 1. The molecule has 0 aliphatic rings. The molecular weight excluding hydrogens is 210 g/mol. The first-order chi connectivity index (χ1) is 7.13. The van der Waals surface area contributed by atoms with Crippen molar-refractivity contribution in [3.63, 3.8) is 0 Å². The highest BCUT2D eigenvalue weighted by atomic mass is 32.2. The molecule has 0 bridgehead atoms. The first-order valence-electron chi connectivity index (χ1n) is 4.70. The normalized spacial score (nSPS) is 10.0. The van der Waals surface area contributed by atoms with Crippen LogP contribution in [0.2, 0.25) is 0 Å². The average molecular weight is 225 g/mol. The van der Waals surface area contributed by atoms with Gasteiger partial charge in [0.1, 0.15) is 0 Å². The second kappa shape index (κ2) is 5.66. The van der Waals surface area contributed by atoms with Crippen molar-refractivity contribution in [1.29, 1.82) is 0 Å². The molecule has 1 rings (SSSR count). The highest BCUT2D eigenvalue weighted by molar-refractivity contribution is 7.98. The third kappa shape index (κ3) is 3.83. The maximum atomic E-state index is 10.4. The smallest absolute Gasteiger partial charge is 0.305 e. The second-order valence-corrected chi connectivity index (χ2v) is 4.15. The van der Waals surface area contributed by atoms with Gasteiger partial charge in [-0.15, -0.1) is 11.8 Å². The van der Waals surface area contributed by atoms with Crippen molar-refractivity contribution in [2.45, 2.75) is 11.3 Å². The molecule has 15 heavy (non-hydrogen) atoms. The molecular formula is C11H15NO2S. The lowest BCUT2D eigenvalue weighted by molar-refractivity contribution is -0.136. The van der Waals surface area contributed by atoms with E-state index in [1.165, 1.54) is 4.90 Å². The molecule has 0 aliphatic carbocycles. The number of rotatable bonds is 5. The molecule has 0 heterocycles. The van der Waals surface area contributed by atoms with Gasteiger partial charge in [0.05, 0.1) is 6.42 Å². The van der Waals surface area contributed by atoms with Gasteiger partial charge in [0, 0.05) is 24.2 Å². The van der Waals surface area contributed by atoms with Crippen LogP contribution in [0.3, 0.4) is 0 Å². The zero-order valence-electron chi connectivity index (χ0n) is 8.93. The number of thioether (sulfide) groups is 1. The average Bonchev–Trinajstić information content (AvgIpc) is 2.26. The molecule has 0 unspecified atom stereocenters. The summed E-state index contributed by atoms with van der Waals surface area (Å²) in [6, 6.07) is 8.08. The van der Waals surface area contributed by atoms with Crippen molar-refractivity contribution >= 4 is 23.4 Å². The molecule has 0 saturated heterocycles. The highest BCUT2D eigenvalue weighted by Crippen LogP contribution is 2.21. The lowest BCUT2D eigenvalue weighted by Gasteiger charge is -2.18. The zero-order valence-corrected chi connectivity index (χ0v) is 9.75. The van der Waals surface area contributed by atoms with Gasteiger partial charge in [-0.2, -0.15) is 0 Å². The summed E-state index contributed by atoms with van der Waals surface area (Å²) < 4.78 is 0. The fourth-order valence-corrected chi connectivity index (χ4v) is 1.69. The molecule has 1 aromatic carbocycles. The summed E-state index contributed by atoms with van der Waals surface area (Å²) in [5.41, 5.74) is 1.06. The number of carboxylic acid groups (broad SMARTS) is 1. The Kier molecular flexibility index (Phi) is 4.49. The van der Waals surface area contributed by atoms with Crippen LogP contribution in [0.1, 0.15) is 6.42 Å². The fraction of sp³-hybridized carbons (Fsp3) is 0.364. The monoisotopic (exact) mass is 225 g/mol. The summed E-state index contributed by atoms with van der Waals surface area (Å²) in [7, 11) is 1.91. The zero-order chi connectivity index (χ0) is 11.3. The van der Waals surface area contributed by atoms with Gasteiger partial charge in [-0.1, -0.05) is 6.07 Å². The van der Waals surface area contributed by atoms with E-state index in [0.29, 0.717) is 6.54 Å². The van der Waals surface area contributed by atoms with Crippen LogP contribution in [-0.4, -0.2) is 30.9 Å². The van der Waals surface area contributed by atoms with Crippen LogP contribution in [0.15, 0.2) is 29.2 Å². The van der Waals surface area contributed by atoms with Gasteiger partial charge < -0.3 is 10.0 Å². The molecule has 3 nitrogen and oxygen atoms in total. The van der Waals surface area contributed by atoms with E-state index in [2.05, 4.69) is 6.07 Å². The number of nitrogens with zero attached hydrogens (tertiary/aromatic N) is 1. The van der Waals surface area contributed by atoms with Crippen LogP contribution >= 0.6 is 11.8 Å². The minimum absolute atomic E-state index is 0.167. The summed E-state index contributed by atoms with van der Waals surface area (Å²) in [6.45, 7) is 0.535. The molecule has 0 radical (unpaired) electrons. The highest BCUT2D eigenvalue weighted by Gasteiger charge is 2.04. The molecule has 0 atom stereocenters. The van der Waals surface area contributed by atoms with E-state index in [-0.39, 0.29) is 6.42 Å². The van der Waals surface area contributed by atoms with Crippen molar-refractivity contribution in [2.24, 2.45) is 0 Å². The molecule has 0 spiro atoms. The van der Waals surface area contributed by atoms with E-state index in [1.807, 2.05) is 36.4 Å². The number of hydrogen-bond acceptors (Lipinski definition) is 3. The van der Waals surface area contributed by atoms with Crippen LogP contribution in [0, 0.1) is 0 Å². The largest absolute Gasteiger partial charge is 0.481 e. The van der Waals surface area contributed by atoms with E-state index in [0.717, 1.165) is 5.69 Å². The molecule has 0 amide bonds. The van der Waals surface area contributed by atoms with Gasteiger partial charge >= 0.3 is 5.97 Å². The van der Waals surface area contributed by atoms with Crippen molar-refractivity contribution in [1.82, 2.24) is 0 Å². The van der Waals surface area contributed by atoms with Crippen LogP contribution in [0.25, 0.3) is 0 Å². The quantitative estimate of drug-likeness (QED) is 0.781. The third-order valence-electron chi connectivity index (χ3n) is 2.16. The first kappa shape index (κ1) is 11.9. The molecule has 0 fully saturated rings. The van der Waals surface area contributed by atoms with Gasteiger partial charge in [0.2, 0.25) is 0 Å². The Hall–Kier alpha value is -1.16. The number of carbonyl (C=O) groups is 1. The van der Waals surface area contributed by atoms with Crippen molar-refractivity contribution < 1.29 is 9.90 Å². The molecule has 82 valence electrons. The van der Waals surface area contributed by atoms with Crippen molar-refractivity contribution in [3.05, 3.63) is 24.3 Å². The van der Waals surface area contributed by atoms with Gasteiger partial charge in [0.15, 0.2) is 0 Å². The van der Waals surface area contributed by atoms with E-state index in [1.54, 1.807) is 11.8 Å². The van der Waals surface area contributed by atoms with Crippen molar-refractivity contribution in [2.75, 3.05) is 24.7 Å². The maximum absolute atomic E-state index is 10.4. The number of hydrogen-bond donors (Lipinski definition) is 1. The van der Waals surface area contributed by atoms with Crippen LogP contribution in [-0.2, 0) is 4.79 Å². The van der Waals surface area contributed by atoms with Crippen molar-refractivity contribution in [3.8, 4) is 0 Å². The minimum atomic E-state index is -0.761. The van der Waals surface area contributed by atoms with E-state index >= 15 is 0 Å². The van der Waals surface area contributed by atoms with Gasteiger partial charge in [-0.05, 0) is 24.5 Å². The summed E-state index contributed by atoms with van der Waals surface area (Å²) in [5.74, 6) is -0.761. The Bertz CT molecular complexity index is 341. The molecule has 0 saturated carbocycles. The van der Waals surface area contributed by atoms with Crippen LogP contribution in [0.4, 0.5) is 5.69 Å². The molecule has 0 aromatic heterocycles. The Labute approximate surface area is 94.1 Å². The third-order valence-corrected chi connectivity index (χ3v) is 2.88. The Morgan fingerprint density at radius 3 is 2.87 bits per heavy atom. The second-order valence-electron chi connectivity index (χ2n) is 3.27. The molecule has 4 heteroatoms. The maximum Gasteiger partial charge on any atom is 0.305 e. The summed E-state index contributed by atoms with van der Waals surface area (Å²) in [6.07, 6.45) is 2.19. The molecule has 0 aliphatic heterocycles. The van der Waals surface area contributed by atoms with Gasteiger partial charge in [0.25, 0.3) is 0 Å². The summed E-state index contributed by atoms with van der Waals surface area (Å²) in [5, 5.41) is 8.58. The topological polar surface area (TPSA) is 40.5 Å². The van der Waals surface area contributed by atoms with Gasteiger partial charge in [-0.25, -0.2) is 0 Å². The van der Waals surface area contributed by atoms with E-state index in [9.17, 15) is 4.79 Å². The lowest BCUT2D eigenvalue weighted by atomic mass is 10.3. The predicted octanol–water partition coefficient (Wildman–Crippen LogP) is 2.32. The fourth-order valence-electron chi connectivity index (χ4n) is 1.24. The SMILES string of the molecule is CSc1cccc(N(C)CCC(=O)O)c1. The lowest BCUT2D eigenvalue weighted by Crippen LogP contribution is -2.20. The first-order valence-corrected chi connectivity index (χ1v) is 5.93. The predicted molar refractivity (Wildman–Crippen MR) is 63.7 cm³/mol. The number of aliphatic carboxylic acids is 1. The molecule has 1 aromatic rings. The molecule has 1 N–H and O–H groups in total. The summed E-state index contributed by atoms with van der Waals surface area (Å²) >= 11 is 1.68. The van der Waals surface area contributed by atoms with E-state index in [4.69, 9.17) is 5.11 Å². The minimum Gasteiger partial charge on any atom is -0.481 e. The Balaban J connectivity index is 2.64. The van der Waals surface area contributed by atoms with E-state index < -0.39 is 5.97 Å². The van der Waals surface area contributed by atoms with Crippen LogP contribution in [0.5, 0.6) is 0 Å². The standard InChI is InChI=1S/C11H15NO2S/c1-12(7-6-11(13)14)9-4-3-5-10(8-9)15-2/h3-5,8H,6-7H2,1-2H3,(H,13,14). The number of benzene rings is 1. The summed E-state index contributed by atoms with van der Waals surface area (Å²) in [4.78, 5) is 13.6. The Morgan fingerprint density at radius 2 is 2.27 bits per heavy atom.